The van der Waals surface area contributed by atoms with Crippen LogP contribution in [0.3, 0.4) is 0 Å². The Morgan fingerprint density at radius 3 is 2.75 bits per heavy atom. The molecular weight excluding hydrogens is 348 g/mol. The Balaban J connectivity index is 2.20. The quantitative estimate of drug-likeness (QED) is 0.769. The van der Waals surface area contributed by atoms with Crippen molar-refractivity contribution in [3.05, 3.63) is 46.1 Å². The van der Waals surface area contributed by atoms with Gasteiger partial charge in [0.25, 0.3) is 0 Å². The first-order valence-electron chi connectivity index (χ1n) is 7.61. The Kier molecular flexibility index (Phi) is 4.69. The Morgan fingerprint density at radius 1 is 1.42 bits per heavy atom. The van der Waals surface area contributed by atoms with Gasteiger partial charge in [0.05, 0.1) is 29.7 Å². The minimum absolute atomic E-state index is 0.0555. The van der Waals surface area contributed by atoms with Crippen LogP contribution in [0, 0.1) is 0 Å². The number of rotatable bonds is 3. The Hall–Kier alpha value is -1.79. The lowest BCUT2D eigenvalue weighted by Gasteiger charge is -2.33. The number of allylic oxidation sites excluding steroid dienone is 1. The minimum Gasteiger partial charge on any atom is -0.466 e. The van der Waals surface area contributed by atoms with E-state index >= 15 is 0 Å². The number of halogens is 1. The number of ether oxygens (including phenoxy) is 1. The van der Waals surface area contributed by atoms with E-state index in [-0.39, 0.29) is 11.2 Å². The van der Waals surface area contributed by atoms with Crippen LogP contribution < -0.4 is 0 Å². The molecule has 2 atom stereocenters. The summed E-state index contributed by atoms with van der Waals surface area (Å²) in [5.41, 5.74) is 1.59. The summed E-state index contributed by atoms with van der Waals surface area (Å²) in [5.74, 6) is -0.557. The summed E-state index contributed by atoms with van der Waals surface area (Å²) in [6.07, 6.45) is 0.695. The lowest BCUT2D eigenvalue weighted by molar-refractivity contribution is -0.137. The summed E-state index contributed by atoms with van der Waals surface area (Å²) in [4.78, 5) is 31.3. The molecule has 126 valence electrons. The van der Waals surface area contributed by atoms with Crippen LogP contribution in [0.2, 0.25) is 5.02 Å². The van der Waals surface area contributed by atoms with Gasteiger partial charge in [0, 0.05) is 5.02 Å². The number of hydrogen-bond acceptors (Lipinski definition) is 5. The van der Waals surface area contributed by atoms with Crippen molar-refractivity contribution in [3.63, 3.8) is 0 Å². The number of aliphatic imine (C=N–C) groups is 1. The number of nitrogens with zero attached hydrogens (tertiary/aromatic N) is 2. The van der Waals surface area contributed by atoms with E-state index in [0.717, 1.165) is 0 Å². The van der Waals surface area contributed by atoms with Crippen molar-refractivity contribution in [1.29, 1.82) is 0 Å². The highest BCUT2D eigenvalue weighted by molar-refractivity contribution is 8.15. The van der Waals surface area contributed by atoms with Gasteiger partial charge in [0.2, 0.25) is 5.91 Å². The summed E-state index contributed by atoms with van der Waals surface area (Å²) in [6, 6.07) is 6.60. The second-order valence-corrected chi connectivity index (χ2v) is 7.11. The molecule has 1 saturated heterocycles. The van der Waals surface area contributed by atoms with Gasteiger partial charge in [-0.1, -0.05) is 48.5 Å². The number of carbonyl (C=O) groups is 2. The molecule has 0 N–H and O–H groups in total. The van der Waals surface area contributed by atoms with Crippen LogP contribution in [0.25, 0.3) is 0 Å². The van der Waals surface area contributed by atoms with E-state index in [9.17, 15) is 9.59 Å². The Morgan fingerprint density at radius 2 is 2.12 bits per heavy atom. The van der Waals surface area contributed by atoms with Crippen molar-refractivity contribution in [1.82, 2.24) is 4.90 Å². The Bertz CT molecular complexity index is 775. The normalized spacial score (nSPS) is 23.2. The zero-order chi connectivity index (χ0) is 17.4. The molecular formula is C17H17ClN2O3S. The van der Waals surface area contributed by atoms with E-state index < -0.39 is 12.0 Å². The number of thioether (sulfide) groups is 1. The highest BCUT2D eigenvalue weighted by Crippen LogP contribution is 2.45. The highest BCUT2D eigenvalue weighted by Gasteiger charge is 2.47. The lowest BCUT2D eigenvalue weighted by atomic mass is 9.94. The average Bonchev–Trinajstić information content (AvgIpc) is 2.89. The molecule has 2 aliphatic rings. The standard InChI is InChI=1S/C17H17ClN2O3S/c1-4-12-15(21)20-14(10-7-5-6-8-11(10)18)13(16(22)23-3)9(2)19-17(20)24-12/h5-8,12,14H,4H2,1-3H3/t12-,14+/m0/s1. The molecule has 2 heterocycles. The van der Waals surface area contributed by atoms with E-state index in [1.165, 1.54) is 18.9 Å². The maximum atomic E-state index is 12.8. The first-order valence-corrected chi connectivity index (χ1v) is 8.87. The Labute approximate surface area is 149 Å². The number of carbonyl (C=O) groups excluding carboxylic acids is 2. The van der Waals surface area contributed by atoms with Crippen LogP contribution in [-0.4, -0.2) is 34.3 Å². The number of hydrogen-bond donors (Lipinski definition) is 0. The van der Waals surface area contributed by atoms with Gasteiger partial charge >= 0.3 is 5.97 Å². The predicted molar refractivity (Wildman–Crippen MR) is 94.9 cm³/mol. The summed E-state index contributed by atoms with van der Waals surface area (Å²) in [7, 11) is 1.32. The van der Waals surface area contributed by atoms with E-state index in [1.54, 1.807) is 17.9 Å². The number of esters is 1. The second kappa shape index (κ2) is 6.61. The number of methoxy groups -OCH3 is 1. The van der Waals surface area contributed by atoms with Gasteiger partial charge in [0.1, 0.15) is 0 Å². The van der Waals surface area contributed by atoms with Gasteiger partial charge in [-0.3, -0.25) is 9.69 Å². The van der Waals surface area contributed by atoms with Crippen molar-refractivity contribution in [3.8, 4) is 0 Å². The second-order valence-electron chi connectivity index (χ2n) is 5.53. The molecule has 0 aromatic heterocycles. The first kappa shape index (κ1) is 17.0. The average molecular weight is 365 g/mol. The van der Waals surface area contributed by atoms with E-state index in [4.69, 9.17) is 16.3 Å². The van der Waals surface area contributed by atoms with Gasteiger partial charge in [0.15, 0.2) is 5.17 Å². The third-order valence-corrected chi connectivity index (χ3v) is 5.79. The molecule has 0 aliphatic carbocycles. The van der Waals surface area contributed by atoms with Crippen LogP contribution in [0.4, 0.5) is 0 Å². The predicted octanol–water partition coefficient (Wildman–Crippen LogP) is 3.55. The molecule has 0 unspecified atom stereocenters. The maximum absolute atomic E-state index is 12.8. The molecule has 0 radical (unpaired) electrons. The molecule has 1 amide bonds. The van der Waals surface area contributed by atoms with Gasteiger partial charge in [-0.25, -0.2) is 9.79 Å². The summed E-state index contributed by atoms with van der Waals surface area (Å²) >= 11 is 7.80. The molecule has 0 spiro atoms. The fourth-order valence-electron chi connectivity index (χ4n) is 2.95. The van der Waals surface area contributed by atoms with Crippen molar-refractivity contribution in [2.24, 2.45) is 4.99 Å². The van der Waals surface area contributed by atoms with E-state index in [2.05, 4.69) is 4.99 Å². The van der Waals surface area contributed by atoms with Crippen LogP contribution in [-0.2, 0) is 14.3 Å². The smallest absolute Gasteiger partial charge is 0.338 e. The molecule has 2 aliphatic heterocycles. The zero-order valence-electron chi connectivity index (χ0n) is 13.6. The fourth-order valence-corrected chi connectivity index (χ4v) is 4.32. The summed E-state index contributed by atoms with van der Waals surface area (Å²) in [6.45, 7) is 3.71. The number of fused-ring (bicyclic) bond motifs is 1. The molecule has 1 aromatic carbocycles. The fraction of sp³-hybridized carbons (Fsp3) is 0.353. The third-order valence-electron chi connectivity index (χ3n) is 4.13. The van der Waals surface area contributed by atoms with Crippen molar-refractivity contribution >= 4 is 40.4 Å². The minimum atomic E-state index is -0.616. The van der Waals surface area contributed by atoms with Crippen molar-refractivity contribution in [2.45, 2.75) is 31.6 Å². The van der Waals surface area contributed by atoms with Gasteiger partial charge in [-0.05, 0) is 25.0 Å². The molecule has 5 nitrogen and oxygen atoms in total. The van der Waals surface area contributed by atoms with Gasteiger partial charge in [-0.2, -0.15) is 0 Å². The zero-order valence-corrected chi connectivity index (χ0v) is 15.1. The van der Waals surface area contributed by atoms with Gasteiger partial charge in [-0.15, -0.1) is 0 Å². The SMILES string of the molecule is CC[C@@H]1SC2=NC(C)=C(C(=O)OC)[C@@H](c3ccccc3Cl)N2C1=O. The van der Waals surface area contributed by atoms with Gasteiger partial charge < -0.3 is 4.74 Å². The maximum Gasteiger partial charge on any atom is 0.338 e. The summed E-state index contributed by atoms with van der Waals surface area (Å²) in [5, 5.41) is 0.913. The molecule has 0 saturated carbocycles. The van der Waals surface area contributed by atoms with Crippen LogP contribution >= 0.6 is 23.4 Å². The third kappa shape index (κ3) is 2.63. The summed E-state index contributed by atoms with van der Waals surface area (Å²) < 4.78 is 4.93. The molecule has 0 bridgehead atoms. The lowest BCUT2D eigenvalue weighted by Crippen LogP contribution is -2.40. The number of benzene rings is 1. The number of amides is 1. The first-order chi connectivity index (χ1) is 11.5. The molecule has 3 rings (SSSR count). The van der Waals surface area contributed by atoms with E-state index in [1.807, 2.05) is 25.1 Å². The molecule has 1 aromatic rings. The molecule has 24 heavy (non-hydrogen) atoms. The van der Waals surface area contributed by atoms with Crippen molar-refractivity contribution in [2.75, 3.05) is 7.11 Å². The monoisotopic (exact) mass is 364 g/mol. The van der Waals surface area contributed by atoms with Crippen LogP contribution in [0.5, 0.6) is 0 Å². The van der Waals surface area contributed by atoms with Crippen LogP contribution in [0.1, 0.15) is 31.9 Å². The van der Waals surface area contributed by atoms with Crippen LogP contribution in [0.15, 0.2) is 40.5 Å². The highest BCUT2D eigenvalue weighted by atomic mass is 35.5. The van der Waals surface area contributed by atoms with E-state index in [0.29, 0.717) is 33.4 Å². The molecule has 1 fully saturated rings. The molecule has 7 heteroatoms. The number of amidine groups is 1. The topological polar surface area (TPSA) is 59.0 Å². The van der Waals surface area contributed by atoms with Crippen molar-refractivity contribution < 1.29 is 14.3 Å². The largest absolute Gasteiger partial charge is 0.466 e.